The van der Waals surface area contributed by atoms with Crippen LogP contribution in [0.15, 0.2) is 18.2 Å². The van der Waals surface area contributed by atoms with Gasteiger partial charge in [-0.05, 0) is 12.1 Å². The minimum absolute atomic E-state index is 0.0936. The van der Waals surface area contributed by atoms with Crippen molar-refractivity contribution in [1.82, 2.24) is 0 Å². The Balaban J connectivity index is 2.74. The molecule has 0 aliphatic heterocycles. The molecule has 0 fully saturated rings. The van der Waals surface area contributed by atoms with Crippen LogP contribution >= 0.6 is 0 Å². The molecule has 1 aromatic carbocycles. The second kappa shape index (κ2) is 7.05. The zero-order valence-corrected chi connectivity index (χ0v) is 9.43. The van der Waals surface area contributed by atoms with Crippen LogP contribution in [0.4, 0.5) is 0 Å². The van der Waals surface area contributed by atoms with E-state index >= 15 is 0 Å². The third kappa shape index (κ3) is 3.69. The molecule has 0 heterocycles. The molecule has 0 bridgehead atoms. The Kier molecular flexibility index (Phi) is 5.63. The van der Waals surface area contributed by atoms with E-state index < -0.39 is 0 Å². The van der Waals surface area contributed by atoms with Gasteiger partial charge in [0.15, 0.2) is 13.6 Å². The van der Waals surface area contributed by atoms with Gasteiger partial charge in [-0.25, -0.2) is 0 Å². The largest absolute Gasteiger partial charge is 0.467 e. The van der Waals surface area contributed by atoms with Crippen LogP contribution in [-0.2, 0) is 16.1 Å². The molecule has 0 aliphatic rings. The topological polar surface area (TPSA) is 57.2 Å². The molecule has 0 radical (unpaired) electrons. The lowest BCUT2D eigenvalue weighted by molar-refractivity contribution is 0.0450. The summed E-state index contributed by atoms with van der Waals surface area (Å²) in [6.45, 7) is 0.201. The molecule has 5 nitrogen and oxygen atoms in total. The number of aliphatic hydroxyl groups excluding tert-OH is 1. The van der Waals surface area contributed by atoms with Gasteiger partial charge < -0.3 is 24.1 Å². The third-order valence-corrected chi connectivity index (χ3v) is 1.88. The Morgan fingerprint density at radius 1 is 1.06 bits per heavy atom. The van der Waals surface area contributed by atoms with Crippen molar-refractivity contribution in [2.75, 3.05) is 27.8 Å². The van der Waals surface area contributed by atoms with Crippen molar-refractivity contribution in [3.8, 4) is 11.5 Å². The molecule has 1 aromatic rings. The minimum Gasteiger partial charge on any atom is -0.467 e. The maximum atomic E-state index is 9.10. The maximum Gasteiger partial charge on any atom is 0.188 e. The third-order valence-electron chi connectivity index (χ3n) is 1.88. The summed E-state index contributed by atoms with van der Waals surface area (Å²) in [4.78, 5) is 0. The number of hydrogen-bond acceptors (Lipinski definition) is 5. The first-order chi connectivity index (χ1) is 7.81. The van der Waals surface area contributed by atoms with E-state index in [1.165, 1.54) is 7.11 Å². The molecule has 5 heteroatoms. The first-order valence-electron chi connectivity index (χ1n) is 4.79. The van der Waals surface area contributed by atoms with Gasteiger partial charge >= 0.3 is 0 Å². The van der Waals surface area contributed by atoms with E-state index in [9.17, 15) is 0 Å². The smallest absolute Gasteiger partial charge is 0.188 e. The summed E-state index contributed by atoms with van der Waals surface area (Å²) in [5, 5.41) is 9.10. The fourth-order valence-corrected chi connectivity index (χ4v) is 1.14. The van der Waals surface area contributed by atoms with Crippen LogP contribution in [-0.4, -0.2) is 32.9 Å². The summed E-state index contributed by atoms with van der Waals surface area (Å²) in [5.74, 6) is 1.16. The maximum absolute atomic E-state index is 9.10. The van der Waals surface area contributed by atoms with E-state index in [0.29, 0.717) is 17.1 Å². The van der Waals surface area contributed by atoms with E-state index in [4.69, 9.17) is 24.1 Å². The number of aliphatic hydroxyl groups is 1. The van der Waals surface area contributed by atoms with Gasteiger partial charge in [0, 0.05) is 25.8 Å². The van der Waals surface area contributed by atoms with Crippen LogP contribution in [0.25, 0.3) is 0 Å². The van der Waals surface area contributed by atoms with Gasteiger partial charge in [0.2, 0.25) is 0 Å². The number of ether oxygens (including phenoxy) is 4. The van der Waals surface area contributed by atoms with Gasteiger partial charge in [0.1, 0.15) is 11.5 Å². The van der Waals surface area contributed by atoms with Crippen LogP contribution in [0.5, 0.6) is 11.5 Å². The van der Waals surface area contributed by atoms with E-state index in [1.54, 1.807) is 25.3 Å². The van der Waals surface area contributed by atoms with E-state index in [-0.39, 0.29) is 20.2 Å². The zero-order valence-electron chi connectivity index (χ0n) is 9.43. The highest BCUT2D eigenvalue weighted by molar-refractivity contribution is 5.40. The lowest BCUT2D eigenvalue weighted by atomic mass is 10.2. The van der Waals surface area contributed by atoms with Crippen LogP contribution in [0.1, 0.15) is 5.56 Å². The fraction of sp³-hybridized carbons (Fsp3) is 0.455. The fourth-order valence-electron chi connectivity index (χ4n) is 1.14. The second-order valence-corrected chi connectivity index (χ2v) is 3.03. The first kappa shape index (κ1) is 12.8. The minimum atomic E-state index is -0.0936. The van der Waals surface area contributed by atoms with Gasteiger partial charge in [0.25, 0.3) is 0 Å². The Morgan fingerprint density at radius 2 is 1.75 bits per heavy atom. The molecular formula is C11H16O5. The van der Waals surface area contributed by atoms with Crippen molar-refractivity contribution in [3.63, 3.8) is 0 Å². The van der Waals surface area contributed by atoms with Gasteiger partial charge in [-0.2, -0.15) is 0 Å². The average Bonchev–Trinajstić information content (AvgIpc) is 2.33. The molecule has 90 valence electrons. The standard InChI is InChI=1S/C11H16O5/c1-13-7-15-10-4-3-9(6-12)11(5-10)16-8-14-2/h3-5,12H,6-8H2,1-2H3. The summed E-state index contributed by atoms with van der Waals surface area (Å²) in [5.41, 5.74) is 0.682. The van der Waals surface area contributed by atoms with Crippen molar-refractivity contribution >= 4 is 0 Å². The molecule has 0 unspecified atom stereocenters. The highest BCUT2D eigenvalue weighted by atomic mass is 16.7. The lowest BCUT2D eigenvalue weighted by Crippen LogP contribution is -2.03. The molecule has 1 rings (SSSR count). The molecule has 0 saturated heterocycles. The molecule has 0 aliphatic carbocycles. The summed E-state index contributed by atoms with van der Waals surface area (Å²) in [6.07, 6.45) is 0. The monoisotopic (exact) mass is 228 g/mol. The SMILES string of the molecule is COCOc1ccc(CO)c(OCOC)c1. The van der Waals surface area contributed by atoms with E-state index in [0.717, 1.165) is 0 Å². The van der Waals surface area contributed by atoms with Crippen molar-refractivity contribution in [1.29, 1.82) is 0 Å². The Hall–Kier alpha value is -1.30. The zero-order chi connectivity index (χ0) is 11.8. The predicted octanol–water partition coefficient (Wildman–Crippen LogP) is 1.14. The summed E-state index contributed by atoms with van der Waals surface area (Å²) >= 11 is 0. The Bertz CT molecular complexity index is 313. The molecule has 0 aromatic heterocycles. The average molecular weight is 228 g/mol. The molecule has 16 heavy (non-hydrogen) atoms. The molecule has 0 spiro atoms. The van der Waals surface area contributed by atoms with Crippen LogP contribution in [0.3, 0.4) is 0 Å². The summed E-state index contributed by atoms with van der Waals surface area (Å²) in [7, 11) is 3.08. The van der Waals surface area contributed by atoms with Crippen molar-refractivity contribution in [2.45, 2.75) is 6.61 Å². The normalized spacial score (nSPS) is 10.2. The quantitative estimate of drug-likeness (QED) is 0.709. The molecule has 1 N–H and O–H groups in total. The van der Waals surface area contributed by atoms with Crippen LogP contribution in [0, 0.1) is 0 Å². The number of rotatable bonds is 7. The van der Waals surface area contributed by atoms with E-state index in [1.807, 2.05) is 0 Å². The van der Waals surface area contributed by atoms with E-state index in [2.05, 4.69) is 0 Å². The number of hydrogen-bond donors (Lipinski definition) is 1. The van der Waals surface area contributed by atoms with Gasteiger partial charge in [-0.15, -0.1) is 0 Å². The van der Waals surface area contributed by atoms with Crippen LogP contribution in [0.2, 0.25) is 0 Å². The van der Waals surface area contributed by atoms with Crippen LogP contribution < -0.4 is 9.47 Å². The number of methoxy groups -OCH3 is 2. The lowest BCUT2D eigenvalue weighted by Gasteiger charge is -2.11. The van der Waals surface area contributed by atoms with Crippen molar-refractivity contribution < 1.29 is 24.1 Å². The predicted molar refractivity (Wildman–Crippen MR) is 57.4 cm³/mol. The molecule has 0 amide bonds. The van der Waals surface area contributed by atoms with Crippen molar-refractivity contribution in [2.24, 2.45) is 0 Å². The van der Waals surface area contributed by atoms with Gasteiger partial charge in [0.05, 0.1) is 6.61 Å². The number of benzene rings is 1. The molecular weight excluding hydrogens is 212 g/mol. The molecule has 0 atom stereocenters. The summed E-state index contributed by atoms with van der Waals surface area (Å²) < 4.78 is 20.1. The van der Waals surface area contributed by atoms with Crippen molar-refractivity contribution in [3.05, 3.63) is 23.8 Å². The summed E-state index contributed by atoms with van der Waals surface area (Å²) in [6, 6.07) is 5.16. The van der Waals surface area contributed by atoms with Gasteiger partial charge in [-0.3, -0.25) is 0 Å². The highest BCUT2D eigenvalue weighted by Crippen LogP contribution is 2.25. The highest BCUT2D eigenvalue weighted by Gasteiger charge is 2.05. The Labute approximate surface area is 94.5 Å². The Morgan fingerprint density at radius 3 is 2.38 bits per heavy atom. The second-order valence-electron chi connectivity index (χ2n) is 3.03. The first-order valence-corrected chi connectivity index (χ1v) is 4.79. The van der Waals surface area contributed by atoms with Gasteiger partial charge in [-0.1, -0.05) is 0 Å². The molecule has 0 saturated carbocycles.